The molecule has 18 heterocycles. The van der Waals surface area contributed by atoms with Crippen molar-refractivity contribution in [2.75, 3.05) is 44.3 Å². The van der Waals surface area contributed by atoms with Crippen LogP contribution < -0.4 is 42.5 Å². The lowest BCUT2D eigenvalue weighted by molar-refractivity contribution is 0.0716. The number of amides is 8. The standard InChI is InChI=1S/C27H35N5O4S2.C27H35N5O3S.C26H35N5O4S2.C25H33N5O3S/c1-15-13-22(29-16(2)17-3-4-17)28-14-21(15)24-23(27(34)32-19-5-6-20(32)8-7-19)31-26(37-24)25(33)30-18-9-11-38(35,36)12-10-18;1-14-11-22(29-15(2)16-3-4-16)28-13-21(14)24-23(27(35)32-18-6-7-19(32)9-8-18)31-26(36-24)25(34)30-17-5-10-20(33)12-17;1-15-13-20(30-26(2,3)4)27-14-19(15)22-21(25(33)31-17-5-6-18(31)8-7-17)29-24(36-22)23(32)28-16-9-11-37(34,35)12-10-16;1-13(2)27-20-10-14(3)19(12-26-20)22-21(25(33)30-16-5-6-17(30)8-7-16)29-24(34-22)23(32)28-15-4-9-18(31)11-15/h13-14,16-20H,3-12H2,1-2H3,(H,28,29)(H,30,33);11,13,15-20,33H,3-10,12H2,1-2H3,(H,28,29)(H,30,34);13-14,16-18H,5-12H2,1-4H3,(H,27,30)(H,28,32);10,12-13,15-18,31H,4-9,11H2,1-3H3,(H,26,27)(H,28,32)/t16-,19?,20?;15-,17-,18?,19?,20-;;15-,16?,17?,18-/m11.1/s1. The van der Waals surface area contributed by atoms with Crippen LogP contribution in [0.5, 0.6) is 0 Å². The number of aryl methyl sites for hydroxylation is 4. The van der Waals surface area contributed by atoms with E-state index in [1.54, 1.807) is 18.6 Å². The summed E-state index contributed by atoms with van der Waals surface area (Å²) < 4.78 is 47.1. The van der Waals surface area contributed by atoms with Crippen molar-refractivity contribution in [3.8, 4) is 41.8 Å². The van der Waals surface area contributed by atoms with Crippen LogP contribution in [-0.4, -0.2) is 265 Å². The molecule has 8 aromatic rings. The van der Waals surface area contributed by atoms with Crippen molar-refractivity contribution >= 4 is 136 Å². The van der Waals surface area contributed by atoms with E-state index in [1.807, 2.05) is 77.8 Å². The fourth-order valence-corrected chi connectivity index (χ4v) is 30.9. The number of nitrogens with zero attached hydrogens (tertiary/aromatic N) is 12. The lowest BCUT2D eigenvalue weighted by atomic mass is 10.0. The summed E-state index contributed by atoms with van der Waals surface area (Å²) in [6, 6.07) is 10.5. The lowest BCUT2D eigenvalue weighted by Gasteiger charge is -2.22. The zero-order valence-electron chi connectivity index (χ0n) is 84.7. The number of nitrogens with one attached hydrogen (secondary N) is 8. The van der Waals surface area contributed by atoms with Crippen molar-refractivity contribution in [1.29, 1.82) is 0 Å². The summed E-state index contributed by atoms with van der Waals surface area (Å²) in [5, 5.41) is 46.3. The molecule has 4 saturated carbocycles. The number of aliphatic hydroxyl groups excluding tert-OH is 2. The summed E-state index contributed by atoms with van der Waals surface area (Å²) in [6.45, 7) is 22.7. The number of pyridine rings is 4. The molecule has 10 aliphatic heterocycles. The first-order valence-corrected chi connectivity index (χ1v) is 59.5. The Hall–Kier alpha value is -10.1. The molecule has 0 spiro atoms. The molecule has 0 radical (unpaired) electrons. The number of aliphatic hydroxyl groups is 2. The minimum absolute atomic E-state index is 0.0596. The molecule has 8 aromatic heterocycles. The van der Waals surface area contributed by atoms with Gasteiger partial charge in [0.2, 0.25) is 0 Å². The SMILES string of the molecule is Cc1cc(NC(C)(C)C)ncc1-c1sc(C(=O)NC2CCS(=O)(=O)CC2)nc1C(=O)N1C2CCC1CC2.Cc1cc(NC(C)C)ncc1-c1sc(C(=O)N[C@@H]2CC[C@@H](O)C2)nc1C(=O)N1C2CCC1CC2.Cc1cc(N[C@H](C)C2CC2)ncc1-c1sc(C(=O)NC2CCS(=O)(=O)CC2)nc1C(=O)N1C2CCC1CC2.Cc1cc(N[C@H](C)C2CC2)ncc1-c1sc(C(=O)N[C@@H]2CC[C@@H](O)C2)nc1C(=O)N1C2CCC1CC2. The monoisotopic (exact) mass is 2090 g/mol. The first kappa shape index (κ1) is 103. The molecule has 10 N–H and O–H groups in total. The van der Waals surface area contributed by atoms with Gasteiger partial charge in [0.1, 0.15) is 65.7 Å². The Bertz CT molecular complexity index is 6400. The summed E-state index contributed by atoms with van der Waals surface area (Å²) in [5.41, 5.74) is 8.37. The Morgan fingerprint density at radius 2 is 0.579 bits per heavy atom. The number of aromatic nitrogens is 8. The molecule has 22 rings (SSSR count). The first-order chi connectivity index (χ1) is 69.2. The second kappa shape index (κ2) is 42.9. The molecule has 4 aliphatic carbocycles. The summed E-state index contributed by atoms with van der Waals surface area (Å²) in [6.07, 6.45) is 33.5. The van der Waals surface area contributed by atoms with Gasteiger partial charge >= 0.3 is 0 Å². The predicted octanol–water partition coefficient (Wildman–Crippen LogP) is 15.5. The van der Waals surface area contributed by atoms with Crippen molar-refractivity contribution in [3.63, 3.8) is 0 Å². The maximum absolute atomic E-state index is 13.8. The van der Waals surface area contributed by atoms with Crippen LogP contribution in [0.15, 0.2) is 49.1 Å². The third-order valence-corrected chi connectivity index (χ3v) is 39.7. The highest BCUT2D eigenvalue weighted by molar-refractivity contribution is 7.91. The zero-order chi connectivity index (χ0) is 102. The number of carbonyl (C=O) groups is 8. The van der Waals surface area contributed by atoms with Crippen LogP contribution in [0.1, 0.15) is 345 Å². The highest BCUT2D eigenvalue weighted by Crippen LogP contribution is 2.49. The topological polar surface area (TPSA) is 458 Å². The van der Waals surface area contributed by atoms with E-state index in [-0.39, 0.29) is 182 Å². The number of carbonyl (C=O) groups excluding carboxylic acids is 8. The first-order valence-electron chi connectivity index (χ1n) is 52.6. The zero-order valence-corrected chi connectivity index (χ0v) is 89.6. The summed E-state index contributed by atoms with van der Waals surface area (Å²) in [5.74, 6) is 3.26. The fourth-order valence-electron chi connectivity index (χ4n) is 23.7. The summed E-state index contributed by atoms with van der Waals surface area (Å²) >= 11 is 4.95. The average Bonchev–Trinajstić information content (AvgIpc) is 1.62. The van der Waals surface area contributed by atoms with E-state index in [2.05, 4.69) is 131 Å². The van der Waals surface area contributed by atoms with Crippen LogP contribution in [0, 0.1) is 39.5 Å². The van der Waals surface area contributed by atoms with E-state index >= 15 is 0 Å². The van der Waals surface area contributed by atoms with Crippen molar-refractivity contribution in [2.24, 2.45) is 11.8 Å². The van der Waals surface area contributed by atoms with Gasteiger partial charge in [-0.2, -0.15) is 0 Å². The third-order valence-electron chi connectivity index (χ3n) is 31.9. The van der Waals surface area contributed by atoms with E-state index in [4.69, 9.17) is 0 Å². The quantitative estimate of drug-likeness (QED) is 0.0254. The Balaban J connectivity index is 0.000000122. The molecule has 0 aromatic carbocycles. The van der Waals surface area contributed by atoms with Crippen molar-refractivity contribution < 1.29 is 65.4 Å². The summed E-state index contributed by atoms with van der Waals surface area (Å²) in [4.78, 5) is 155. The van der Waals surface area contributed by atoms with Crippen LogP contribution in [0.2, 0.25) is 0 Å². The van der Waals surface area contributed by atoms with Gasteiger partial charge in [0, 0.05) is 143 Å². The minimum Gasteiger partial charge on any atom is -0.393 e. The molecular weight excluding hydrogens is 1960 g/mol. The van der Waals surface area contributed by atoms with Gasteiger partial charge in [-0.05, 0) is 327 Å². The highest BCUT2D eigenvalue weighted by atomic mass is 32.2. The Labute approximate surface area is 864 Å². The van der Waals surface area contributed by atoms with Gasteiger partial charge in [-0.25, -0.2) is 56.7 Å². The average molecular weight is 2100 g/mol. The smallest absolute Gasteiger partial charge is 0.280 e. The number of thiazole rings is 4. The van der Waals surface area contributed by atoms with Gasteiger partial charge in [0.05, 0.1) is 54.7 Å². The number of fused-ring (bicyclic) bond motifs is 8. The van der Waals surface area contributed by atoms with Crippen LogP contribution >= 0.6 is 45.3 Å². The van der Waals surface area contributed by atoms with E-state index in [9.17, 15) is 65.4 Å². The Morgan fingerprint density at radius 1 is 0.338 bits per heavy atom. The molecule has 14 aliphatic rings. The van der Waals surface area contributed by atoms with E-state index in [0.717, 1.165) is 194 Å². The molecule has 34 nitrogen and oxygen atoms in total. The molecule has 778 valence electrons. The van der Waals surface area contributed by atoms with Crippen LogP contribution in [0.3, 0.4) is 0 Å². The predicted molar refractivity (Wildman–Crippen MR) is 563 cm³/mol. The van der Waals surface area contributed by atoms with E-state index in [0.29, 0.717) is 112 Å². The van der Waals surface area contributed by atoms with Gasteiger partial charge < -0.3 is 72.3 Å². The molecule has 40 heteroatoms. The maximum Gasteiger partial charge on any atom is 0.280 e. The number of sulfone groups is 2. The van der Waals surface area contributed by atoms with Gasteiger partial charge in [-0.1, -0.05) is 0 Å². The third kappa shape index (κ3) is 23.5. The largest absolute Gasteiger partial charge is 0.393 e. The number of hydrogen-bond donors (Lipinski definition) is 10. The second-order valence-corrected chi connectivity index (χ2v) is 52.9. The molecule has 6 atom stereocenters. The van der Waals surface area contributed by atoms with Crippen molar-refractivity contribution in [1.82, 2.24) is 80.7 Å². The lowest BCUT2D eigenvalue weighted by Crippen LogP contribution is -2.41. The van der Waals surface area contributed by atoms with Crippen LogP contribution in [-0.2, 0) is 19.7 Å². The molecular formula is C105H138N20O14S6. The van der Waals surface area contributed by atoms with Crippen LogP contribution in [0.4, 0.5) is 23.3 Å². The van der Waals surface area contributed by atoms with Crippen LogP contribution in [0.25, 0.3) is 41.8 Å². The fraction of sp³-hybridized carbons (Fsp3) is 0.619. The van der Waals surface area contributed by atoms with Gasteiger partial charge in [0.25, 0.3) is 47.3 Å². The summed E-state index contributed by atoms with van der Waals surface area (Å²) in [7, 11) is -6.05. The van der Waals surface area contributed by atoms with Gasteiger partial charge in [-0.15, -0.1) is 45.3 Å². The van der Waals surface area contributed by atoms with Crippen molar-refractivity contribution in [2.45, 2.75) is 377 Å². The number of rotatable bonds is 25. The highest BCUT2D eigenvalue weighted by Gasteiger charge is 2.50. The molecule has 8 bridgehead atoms. The molecule has 10 saturated heterocycles. The van der Waals surface area contributed by atoms with Gasteiger partial charge in [0.15, 0.2) is 20.0 Å². The van der Waals surface area contributed by atoms with E-state index < -0.39 is 19.7 Å². The Morgan fingerprint density at radius 3 is 0.807 bits per heavy atom. The molecule has 14 fully saturated rings. The molecule has 8 amide bonds. The second-order valence-electron chi connectivity index (χ2n) is 44.3. The Kier molecular flexibility index (Phi) is 30.6. The number of hydrogen-bond acceptors (Lipinski definition) is 30. The molecule has 0 unspecified atom stereocenters. The van der Waals surface area contributed by atoms with E-state index in [1.165, 1.54) is 71.0 Å². The van der Waals surface area contributed by atoms with Crippen molar-refractivity contribution in [3.05, 3.63) is 114 Å². The van der Waals surface area contributed by atoms with Gasteiger partial charge in [-0.3, -0.25) is 38.4 Å². The number of anilines is 4. The normalized spacial score (nSPS) is 25.6. The molecule has 145 heavy (non-hydrogen) atoms. The minimum atomic E-state index is -3.03. The maximum atomic E-state index is 13.8.